The second-order valence-electron chi connectivity index (χ2n) is 14.3. The minimum absolute atomic E-state index is 0.705. The molecule has 3 aromatic heterocycles. The van der Waals surface area contributed by atoms with Crippen molar-refractivity contribution in [2.24, 2.45) is 0 Å². The Morgan fingerprint density at radius 3 is 1.63 bits per heavy atom. The van der Waals surface area contributed by atoms with E-state index in [0.717, 1.165) is 61.5 Å². The zero-order valence-electron chi connectivity index (χ0n) is 30.8. The molecule has 266 valence electrons. The lowest BCUT2D eigenvalue weighted by Crippen LogP contribution is -1.97. The molecule has 0 amide bonds. The Bertz CT molecular complexity index is 3260. The van der Waals surface area contributed by atoms with Crippen LogP contribution in [0.15, 0.2) is 200 Å². The van der Waals surface area contributed by atoms with Gasteiger partial charge in [-0.1, -0.05) is 176 Å². The van der Waals surface area contributed by atoms with Gasteiger partial charge in [0.05, 0.1) is 22.6 Å². The van der Waals surface area contributed by atoms with Crippen molar-refractivity contribution in [2.45, 2.75) is 0 Å². The fraction of sp³-hybridized carbons (Fsp3) is 0. The van der Waals surface area contributed by atoms with Gasteiger partial charge in [0.1, 0.15) is 0 Å². The van der Waals surface area contributed by atoms with Gasteiger partial charge in [-0.3, -0.25) is 0 Å². The Morgan fingerprint density at radius 2 is 0.895 bits per heavy atom. The molecule has 0 aliphatic rings. The predicted molar refractivity (Wildman–Crippen MR) is 240 cm³/mol. The SMILES string of the molecule is c1ccc(-c2cc(-c3ccc(-c4ccc5sc6c(ccc7c(-c8ccccc8)nc8ccccc8c76)c5c4)cc3)nc(-c3ccccc3-c3ccccc3)n2)cc1. The lowest BCUT2D eigenvalue weighted by Gasteiger charge is -2.13. The third-order valence-corrected chi connectivity index (χ3v) is 12.1. The van der Waals surface area contributed by atoms with E-state index < -0.39 is 0 Å². The molecule has 0 atom stereocenters. The number of pyridine rings is 1. The molecule has 4 heteroatoms. The molecule has 0 bridgehead atoms. The minimum Gasteiger partial charge on any atom is -0.247 e. The fourth-order valence-electron chi connectivity index (χ4n) is 8.12. The van der Waals surface area contributed by atoms with Gasteiger partial charge in [0.2, 0.25) is 0 Å². The van der Waals surface area contributed by atoms with Crippen LogP contribution in [0.4, 0.5) is 0 Å². The Labute approximate surface area is 334 Å². The van der Waals surface area contributed by atoms with Crippen molar-refractivity contribution in [1.82, 2.24) is 15.0 Å². The summed E-state index contributed by atoms with van der Waals surface area (Å²) in [5, 5.41) is 6.18. The van der Waals surface area contributed by atoms with Gasteiger partial charge in [-0.2, -0.15) is 0 Å². The molecular formula is C53H33N3S. The van der Waals surface area contributed by atoms with E-state index in [4.69, 9.17) is 15.0 Å². The van der Waals surface area contributed by atoms with Crippen LogP contribution in [0, 0.1) is 0 Å². The maximum absolute atomic E-state index is 5.21. The first-order valence-electron chi connectivity index (χ1n) is 19.2. The van der Waals surface area contributed by atoms with Crippen LogP contribution >= 0.6 is 11.3 Å². The first-order chi connectivity index (χ1) is 28.2. The monoisotopic (exact) mass is 743 g/mol. The molecule has 11 rings (SSSR count). The molecule has 0 N–H and O–H groups in total. The van der Waals surface area contributed by atoms with Gasteiger partial charge in [-0.25, -0.2) is 15.0 Å². The summed E-state index contributed by atoms with van der Waals surface area (Å²) in [5.41, 5.74) is 12.6. The van der Waals surface area contributed by atoms with Gasteiger partial charge < -0.3 is 0 Å². The fourth-order valence-corrected chi connectivity index (χ4v) is 9.36. The zero-order valence-corrected chi connectivity index (χ0v) is 31.6. The van der Waals surface area contributed by atoms with E-state index in [2.05, 4.69) is 188 Å². The summed E-state index contributed by atoms with van der Waals surface area (Å²) in [6.07, 6.45) is 0. The molecule has 0 aliphatic heterocycles. The molecule has 0 fully saturated rings. The van der Waals surface area contributed by atoms with Crippen molar-refractivity contribution in [1.29, 1.82) is 0 Å². The summed E-state index contributed by atoms with van der Waals surface area (Å²) < 4.78 is 2.58. The standard InChI is InChI=1S/C53H33N3S/c1-4-14-35(15-5-1)40-20-10-11-21-42(40)53-55-47(36-16-6-2-7-17-36)33-48(56-53)37-26-24-34(25-27-37)39-28-31-49-45(32-39)41-29-30-44-50(52(41)57-49)43-22-12-13-23-46(43)54-51(44)38-18-8-3-9-19-38/h1-33H. The van der Waals surface area contributed by atoms with E-state index in [9.17, 15) is 0 Å². The number of fused-ring (bicyclic) bond motifs is 7. The molecule has 11 aromatic rings. The highest BCUT2D eigenvalue weighted by Gasteiger charge is 2.18. The van der Waals surface area contributed by atoms with Gasteiger partial charge in [0, 0.05) is 58.6 Å². The molecule has 0 radical (unpaired) electrons. The van der Waals surface area contributed by atoms with E-state index in [1.165, 1.54) is 41.9 Å². The van der Waals surface area contributed by atoms with E-state index in [1.807, 2.05) is 23.5 Å². The van der Waals surface area contributed by atoms with Crippen LogP contribution in [0.2, 0.25) is 0 Å². The Balaban J connectivity index is 1.01. The van der Waals surface area contributed by atoms with Gasteiger partial charge in [-0.05, 0) is 46.5 Å². The van der Waals surface area contributed by atoms with Crippen LogP contribution in [-0.4, -0.2) is 15.0 Å². The molecule has 0 saturated heterocycles. The Morgan fingerprint density at radius 1 is 0.333 bits per heavy atom. The molecule has 8 aromatic carbocycles. The smallest absolute Gasteiger partial charge is 0.161 e. The van der Waals surface area contributed by atoms with Crippen LogP contribution < -0.4 is 0 Å². The summed E-state index contributed by atoms with van der Waals surface area (Å²) in [5.74, 6) is 0.705. The topological polar surface area (TPSA) is 38.7 Å². The number of para-hydroxylation sites is 1. The van der Waals surface area contributed by atoms with E-state index >= 15 is 0 Å². The second-order valence-corrected chi connectivity index (χ2v) is 15.4. The van der Waals surface area contributed by atoms with Crippen molar-refractivity contribution in [3.8, 4) is 67.4 Å². The van der Waals surface area contributed by atoms with Crippen LogP contribution in [0.3, 0.4) is 0 Å². The number of hydrogen-bond donors (Lipinski definition) is 0. The maximum Gasteiger partial charge on any atom is 0.161 e. The second kappa shape index (κ2) is 13.8. The number of aromatic nitrogens is 3. The van der Waals surface area contributed by atoms with Crippen molar-refractivity contribution in [2.75, 3.05) is 0 Å². The number of nitrogens with zero attached hydrogens (tertiary/aromatic N) is 3. The van der Waals surface area contributed by atoms with Crippen molar-refractivity contribution in [3.63, 3.8) is 0 Å². The van der Waals surface area contributed by atoms with Crippen LogP contribution in [0.5, 0.6) is 0 Å². The van der Waals surface area contributed by atoms with Crippen LogP contribution in [0.1, 0.15) is 0 Å². The van der Waals surface area contributed by atoms with Crippen molar-refractivity contribution in [3.05, 3.63) is 200 Å². The van der Waals surface area contributed by atoms with E-state index in [0.29, 0.717) is 5.82 Å². The highest BCUT2D eigenvalue weighted by Crippen LogP contribution is 2.44. The maximum atomic E-state index is 5.21. The molecule has 0 aliphatic carbocycles. The Hall–Kier alpha value is -7.27. The summed E-state index contributed by atoms with van der Waals surface area (Å²) in [4.78, 5) is 15.5. The predicted octanol–water partition coefficient (Wildman–Crippen LogP) is 14.5. The third kappa shape index (κ3) is 5.86. The summed E-state index contributed by atoms with van der Waals surface area (Å²) in [7, 11) is 0. The molecular weight excluding hydrogens is 711 g/mol. The molecule has 57 heavy (non-hydrogen) atoms. The van der Waals surface area contributed by atoms with Gasteiger partial charge >= 0.3 is 0 Å². The normalized spacial score (nSPS) is 11.5. The van der Waals surface area contributed by atoms with Crippen molar-refractivity contribution < 1.29 is 0 Å². The average Bonchev–Trinajstić information content (AvgIpc) is 3.68. The lowest BCUT2D eigenvalue weighted by atomic mass is 9.97. The lowest BCUT2D eigenvalue weighted by molar-refractivity contribution is 1.18. The molecule has 3 heterocycles. The first kappa shape index (κ1) is 33.1. The molecule has 0 saturated carbocycles. The van der Waals surface area contributed by atoms with Crippen molar-refractivity contribution >= 4 is 53.2 Å². The highest BCUT2D eigenvalue weighted by atomic mass is 32.1. The quantitative estimate of drug-likeness (QED) is 0.159. The third-order valence-electron chi connectivity index (χ3n) is 10.9. The zero-order chi connectivity index (χ0) is 37.7. The summed E-state index contributed by atoms with van der Waals surface area (Å²) >= 11 is 1.87. The molecule has 3 nitrogen and oxygen atoms in total. The number of rotatable bonds is 6. The van der Waals surface area contributed by atoms with Crippen LogP contribution in [0.25, 0.3) is 109 Å². The number of hydrogen-bond acceptors (Lipinski definition) is 4. The van der Waals surface area contributed by atoms with Gasteiger partial charge in [-0.15, -0.1) is 11.3 Å². The summed E-state index contributed by atoms with van der Waals surface area (Å²) in [6, 6.07) is 70.7. The first-order valence-corrected chi connectivity index (χ1v) is 20.0. The molecule has 0 spiro atoms. The Kier molecular flexibility index (Phi) is 8.01. The number of benzene rings is 8. The van der Waals surface area contributed by atoms with Crippen LogP contribution in [-0.2, 0) is 0 Å². The van der Waals surface area contributed by atoms with Gasteiger partial charge in [0.15, 0.2) is 5.82 Å². The minimum atomic E-state index is 0.705. The molecule has 0 unspecified atom stereocenters. The summed E-state index contributed by atoms with van der Waals surface area (Å²) in [6.45, 7) is 0. The van der Waals surface area contributed by atoms with E-state index in [1.54, 1.807) is 0 Å². The van der Waals surface area contributed by atoms with Gasteiger partial charge in [0.25, 0.3) is 0 Å². The largest absolute Gasteiger partial charge is 0.247 e. The van der Waals surface area contributed by atoms with E-state index in [-0.39, 0.29) is 0 Å². The number of thiophene rings is 1. The highest BCUT2D eigenvalue weighted by molar-refractivity contribution is 7.26. The average molecular weight is 744 g/mol.